The minimum Gasteiger partial charge on any atom is -0.384 e. The van der Waals surface area contributed by atoms with Crippen LogP contribution in [-0.2, 0) is 4.57 Å². The van der Waals surface area contributed by atoms with Crippen molar-refractivity contribution in [2.75, 3.05) is 0 Å². The molecule has 0 amide bonds. The van der Waals surface area contributed by atoms with Gasteiger partial charge in [0.15, 0.2) is 7.14 Å². The summed E-state index contributed by atoms with van der Waals surface area (Å²) in [4.78, 5) is 0. The fourth-order valence-corrected chi connectivity index (χ4v) is 4.93. The van der Waals surface area contributed by atoms with E-state index < -0.39 is 7.14 Å². The molecule has 2 aromatic rings. The highest BCUT2D eigenvalue weighted by molar-refractivity contribution is 7.81. The summed E-state index contributed by atoms with van der Waals surface area (Å²) >= 11 is 0. The first-order valence-electron chi connectivity index (χ1n) is 7.50. The third-order valence-corrected chi connectivity index (χ3v) is 6.11. The number of allylic oxidation sites excluding steroid dienone is 1. The molecule has 0 heterocycles. The third kappa shape index (κ3) is 4.11. The Bertz CT molecular complexity index is 641. The molecule has 22 heavy (non-hydrogen) atoms. The van der Waals surface area contributed by atoms with Gasteiger partial charge in [-0.1, -0.05) is 60.7 Å². The van der Waals surface area contributed by atoms with Crippen LogP contribution in [-0.4, -0.2) is 5.54 Å². The first kappa shape index (κ1) is 16.6. The van der Waals surface area contributed by atoms with Crippen LogP contribution < -0.4 is 15.9 Å². The molecule has 116 valence electrons. The first-order valence-corrected chi connectivity index (χ1v) is 9.27. The van der Waals surface area contributed by atoms with E-state index in [2.05, 4.69) is 26.1 Å². The summed E-state index contributed by atoms with van der Waals surface area (Å²) < 4.78 is 13.8. The molecule has 0 unspecified atom stereocenters. The number of hydrogen-bond acceptors (Lipinski definition) is 2. The van der Waals surface area contributed by atoms with Crippen LogP contribution in [0.15, 0.2) is 72.2 Å². The van der Waals surface area contributed by atoms with Gasteiger partial charge in [-0.25, -0.2) is 0 Å². The fourth-order valence-electron chi connectivity index (χ4n) is 2.49. The fraction of sp³-hybridized carbons (Fsp3) is 0.263. The molecule has 0 bridgehead atoms. The van der Waals surface area contributed by atoms with Crippen molar-refractivity contribution in [3.63, 3.8) is 0 Å². The van der Waals surface area contributed by atoms with Gasteiger partial charge in [-0.2, -0.15) is 0 Å². The Labute approximate surface area is 133 Å². The van der Waals surface area contributed by atoms with Gasteiger partial charge < -0.3 is 9.88 Å². The Hall–Kier alpha value is -1.79. The van der Waals surface area contributed by atoms with E-state index in [1.807, 2.05) is 73.4 Å². The zero-order chi connectivity index (χ0) is 16.2. The summed E-state index contributed by atoms with van der Waals surface area (Å²) in [5.41, 5.74) is 0.877. The molecule has 0 aromatic heterocycles. The quantitative estimate of drug-likeness (QED) is 0.855. The molecule has 0 spiro atoms. The van der Waals surface area contributed by atoms with Gasteiger partial charge in [-0.15, -0.1) is 0 Å². The molecule has 3 heteroatoms. The van der Waals surface area contributed by atoms with Crippen molar-refractivity contribution in [2.24, 2.45) is 0 Å². The predicted molar refractivity (Wildman–Crippen MR) is 96.4 cm³/mol. The van der Waals surface area contributed by atoms with E-state index in [0.29, 0.717) is 0 Å². The maximum absolute atomic E-state index is 13.8. The van der Waals surface area contributed by atoms with E-state index in [-0.39, 0.29) is 5.54 Å². The first-order chi connectivity index (χ1) is 10.3. The summed E-state index contributed by atoms with van der Waals surface area (Å²) in [6, 6.07) is 19.4. The van der Waals surface area contributed by atoms with Gasteiger partial charge in [0.05, 0.1) is 0 Å². The number of nitrogens with one attached hydrogen (secondary N) is 1. The lowest BCUT2D eigenvalue weighted by atomic mass is 10.1. The Balaban J connectivity index is 2.53. The monoisotopic (exact) mass is 313 g/mol. The van der Waals surface area contributed by atoms with E-state index >= 15 is 0 Å². The van der Waals surface area contributed by atoms with Crippen LogP contribution in [0.25, 0.3) is 0 Å². The van der Waals surface area contributed by atoms with Gasteiger partial charge in [-0.05, 0) is 27.7 Å². The minimum absolute atomic E-state index is 0.0568. The van der Waals surface area contributed by atoms with Crippen molar-refractivity contribution in [3.8, 4) is 0 Å². The van der Waals surface area contributed by atoms with Crippen molar-refractivity contribution >= 4 is 17.8 Å². The number of rotatable bonds is 4. The Morgan fingerprint density at radius 1 is 0.909 bits per heavy atom. The molecular formula is C19H24NOP. The second-order valence-electron chi connectivity index (χ2n) is 6.52. The van der Waals surface area contributed by atoms with Crippen LogP contribution in [0, 0.1) is 0 Å². The average molecular weight is 313 g/mol. The van der Waals surface area contributed by atoms with Crippen LogP contribution in [0.3, 0.4) is 0 Å². The van der Waals surface area contributed by atoms with E-state index in [1.54, 1.807) is 0 Å². The van der Waals surface area contributed by atoms with E-state index in [9.17, 15) is 4.57 Å². The molecule has 0 radical (unpaired) electrons. The molecule has 0 fully saturated rings. The van der Waals surface area contributed by atoms with Crippen molar-refractivity contribution in [3.05, 3.63) is 72.2 Å². The Kier molecular flexibility index (Phi) is 4.93. The normalized spacial score (nSPS) is 13.0. The van der Waals surface area contributed by atoms with Gasteiger partial charge in [0.25, 0.3) is 0 Å². The van der Waals surface area contributed by atoms with Gasteiger partial charge in [0.2, 0.25) is 0 Å². The highest BCUT2D eigenvalue weighted by Gasteiger charge is 2.25. The maximum Gasteiger partial charge on any atom is 0.165 e. The molecule has 2 aromatic carbocycles. The van der Waals surface area contributed by atoms with E-state index in [4.69, 9.17) is 0 Å². The molecule has 0 saturated carbocycles. The van der Waals surface area contributed by atoms with E-state index in [1.165, 1.54) is 0 Å². The SMILES string of the molecule is C/C(=C/P(=O)(c1ccccc1)c1ccccc1)NC(C)(C)C. The molecule has 2 rings (SSSR count). The highest BCUT2D eigenvalue weighted by atomic mass is 31.2. The van der Waals surface area contributed by atoms with Crippen molar-refractivity contribution < 1.29 is 4.57 Å². The predicted octanol–water partition coefficient (Wildman–Crippen LogP) is 4.25. The standard InChI is InChI=1S/C19H24NOP/c1-16(20-19(2,3)4)15-22(21,17-11-7-5-8-12-17)18-13-9-6-10-14-18/h5-15,20H,1-4H3/b16-15-. The largest absolute Gasteiger partial charge is 0.384 e. The van der Waals surface area contributed by atoms with Crippen LogP contribution in [0.2, 0.25) is 0 Å². The molecule has 2 nitrogen and oxygen atoms in total. The summed E-state index contributed by atoms with van der Waals surface area (Å²) in [5, 5.41) is 5.12. The second-order valence-corrected chi connectivity index (χ2v) is 9.12. The summed E-state index contributed by atoms with van der Waals surface area (Å²) in [7, 11) is -2.79. The Morgan fingerprint density at radius 3 is 1.68 bits per heavy atom. The second kappa shape index (κ2) is 6.54. The van der Waals surface area contributed by atoms with Crippen molar-refractivity contribution in [2.45, 2.75) is 33.2 Å². The van der Waals surface area contributed by atoms with Gasteiger partial charge in [0, 0.05) is 27.7 Å². The average Bonchev–Trinajstić information content (AvgIpc) is 2.47. The highest BCUT2D eigenvalue weighted by Crippen LogP contribution is 2.45. The van der Waals surface area contributed by atoms with Crippen LogP contribution in [0.4, 0.5) is 0 Å². The number of benzene rings is 2. The van der Waals surface area contributed by atoms with Gasteiger partial charge in [-0.3, -0.25) is 0 Å². The summed E-state index contributed by atoms with van der Waals surface area (Å²) in [6.45, 7) is 8.27. The van der Waals surface area contributed by atoms with Gasteiger partial charge >= 0.3 is 0 Å². The van der Waals surface area contributed by atoms with Gasteiger partial charge in [0.1, 0.15) is 0 Å². The third-order valence-electron chi connectivity index (χ3n) is 3.23. The summed E-state index contributed by atoms with van der Waals surface area (Å²) in [5.74, 6) is 1.89. The molecule has 1 N–H and O–H groups in total. The van der Waals surface area contributed by atoms with E-state index in [0.717, 1.165) is 16.3 Å². The van der Waals surface area contributed by atoms with Crippen LogP contribution in [0.5, 0.6) is 0 Å². The molecule has 0 saturated heterocycles. The van der Waals surface area contributed by atoms with Crippen LogP contribution >= 0.6 is 7.14 Å². The number of hydrogen-bond donors (Lipinski definition) is 1. The lowest BCUT2D eigenvalue weighted by molar-refractivity contribution is 0.474. The molecule has 0 aliphatic rings. The lowest BCUT2D eigenvalue weighted by Gasteiger charge is -2.24. The zero-order valence-corrected chi connectivity index (χ0v) is 14.6. The van der Waals surface area contributed by atoms with Crippen molar-refractivity contribution in [1.29, 1.82) is 0 Å². The molecular weight excluding hydrogens is 289 g/mol. The molecule has 0 aliphatic heterocycles. The maximum atomic E-state index is 13.8. The smallest absolute Gasteiger partial charge is 0.165 e. The topological polar surface area (TPSA) is 29.1 Å². The minimum atomic E-state index is -2.79. The van der Waals surface area contributed by atoms with Crippen molar-refractivity contribution in [1.82, 2.24) is 5.32 Å². The molecule has 0 aliphatic carbocycles. The lowest BCUT2D eigenvalue weighted by Crippen LogP contribution is -2.34. The molecule has 0 atom stereocenters. The summed E-state index contributed by atoms with van der Waals surface area (Å²) in [6.07, 6.45) is 0. The zero-order valence-electron chi connectivity index (χ0n) is 13.7. The van der Waals surface area contributed by atoms with Crippen LogP contribution in [0.1, 0.15) is 27.7 Å². The Morgan fingerprint density at radius 2 is 1.32 bits per heavy atom.